The predicted octanol–water partition coefficient (Wildman–Crippen LogP) is 5.62. The van der Waals surface area contributed by atoms with E-state index in [4.69, 9.17) is 39.5 Å². The standard InChI is InChI=1S/C17H16Cl3NO2/c1-2-11-3-5-13(6-4-11)23-8-7-16(22)21-17-14(19)9-12(18)10-15(17)20/h3-6,9-10H,2,7-8H2,1H3,(H,21,22). The highest BCUT2D eigenvalue weighted by Crippen LogP contribution is 2.33. The minimum Gasteiger partial charge on any atom is -0.493 e. The lowest BCUT2D eigenvalue weighted by molar-refractivity contribution is -0.116. The van der Waals surface area contributed by atoms with Gasteiger partial charge in [0.25, 0.3) is 0 Å². The van der Waals surface area contributed by atoms with Crippen molar-refractivity contribution >= 4 is 46.4 Å². The Morgan fingerprint density at radius 2 is 1.70 bits per heavy atom. The first-order chi connectivity index (χ1) is 11.0. The van der Waals surface area contributed by atoms with Crippen molar-refractivity contribution in [1.82, 2.24) is 0 Å². The van der Waals surface area contributed by atoms with Crippen LogP contribution in [-0.2, 0) is 11.2 Å². The quantitative estimate of drug-likeness (QED) is 0.715. The van der Waals surface area contributed by atoms with E-state index in [1.807, 2.05) is 24.3 Å². The molecule has 2 aromatic carbocycles. The van der Waals surface area contributed by atoms with Crippen molar-refractivity contribution < 1.29 is 9.53 Å². The van der Waals surface area contributed by atoms with Crippen LogP contribution in [0.3, 0.4) is 0 Å². The van der Waals surface area contributed by atoms with Gasteiger partial charge in [0.2, 0.25) is 5.91 Å². The fourth-order valence-electron chi connectivity index (χ4n) is 1.95. The maximum Gasteiger partial charge on any atom is 0.227 e. The highest BCUT2D eigenvalue weighted by atomic mass is 35.5. The zero-order valence-corrected chi connectivity index (χ0v) is 14.8. The number of carbonyl (C=O) groups excluding carboxylic acids is 1. The first-order valence-electron chi connectivity index (χ1n) is 7.15. The molecule has 23 heavy (non-hydrogen) atoms. The average molecular weight is 373 g/mol. The van der Waals surface area contributed by atoms with E-state index < -0.39 is 0 Å². The molecule has 0 aliphatic rings. The largest absolute Gasteiger partial charge is 0.493 e. The summed E-state index contributed by atoms with van der Waals surface area (Å²) in [7, 11) is 0. The molecule has 3 nitrogen and oxygen atoms in total. The molecular weight excluding hydrogens is 357 g/mol. The lowest BCUT2D eigenvalue weighted by Gasteiger charge is -2.10. The Balaban J connectivity index is 1.85. The Hall–Kier alpha value is -1.42. The average Bonchev–Trinajstić information content (AvgIpc) is 2.51. The molecule has 1 amide bonds. The van der Waals surface area contributed by atoms with Gasteiger partial charge in [0.15, 0.2) is 0 Å². The van der Waals surface area contributed by atoms with Crippen LogP contribution in [0.15, 0.2) is 36.4 Å². The maximum absolute atomic E-state index is 12.0. The van der Waals surface area contributed by atoms with Crippen LogP contribution in [0.1, 0.15) is 18.9 Å². The van der Waals surface area contributed by atoms with E-state index in [-0.39, 0.29) is 18.9 Å². The fraction of sp³-hybridized carbons (Fsp3) is 0.235. The lowest BCUT2D eigenvalue weighted by atomic mass is 10.2. The van der Waals surface area contributed by atoms with Gasteiger partial charge in [0.05, 0.1) is 28.8 Å². The minimum atomic E-state index is -0.235. The molecule has 0 fully saturated rings. The van der Waals surface area contributed by atoms with E-state index in [1.165, 1.54) is 17.7 Å². The summed E-state index contributed by atoms with van der Waals surface area (Å²) in [5.41, 5.74) is 1.59. The molecule has 0 saturated carbocycles. The molecule has 0 aliphatic carbocycles. The first kappa shape index (κ1) is 17.9. The normalized spacial score (nSPS) is 10.4. The third-order valence-corrected chi connectivity index (χ3v) is 4.02. The van der Waals surface area contributed by atoms with Crippen molar-refractivity contribution in [3.8, 4) is 5.75 Å². The topological polar surface area (TPSA) is 38.3 Å². The van der Waals surface area contributed by atoms with E-state index >= 15 is 0 Å². The van der Waals surface area contributed by atoms with Crippen LogP contribution >= 0.6 is 34.8 Å². The number of hydrogen-bond donors (Lipinski definition) is 1. The number of rotatable bonds is 6. The number of ether oxygens (including phenoxy) is 1. The van der Waals surface area contributed by atoms with Crippen molar-refractivity contribution in [3.63, 3.8) is 0 Å². The van der Waals surface area contributed by atoms with Gasteiger partial charge in [0, 0.05) is 5.02 Å². The molecule has 0 unspecified atom stereocenters. The maximum atomic E-state index is 12.0. The molecule has 0 aliphatic heterocycles. The third-order valence-electron chi connectivity index (χ3n) is 3.20. The molecule has 2 aromatic rings. The molecular formula is C17H16Cl3NO2. The van der Waals surface area contributed by atoms with Gasteiger partial charge in [-0.15, -0.1) is 0 Å². The van der Waals surface area contributed by atoms with Gasteiger partial charge in [-0.05, 0) is 36.2 Å². The Kier molecular flexibility index (Phi) is 6.58. The molecule has 0 spiro atoms. The van der Waals surface area contributed by atoms with E-state index in [0.717, 1.165) is 12.2 Å². The van der Waals surface area contributed by atoms with E-state index in [0.29, 0.717) is 20.8 Å². The van der Waals surface area contributed by atoms with Crippen LogP contribution in [0.25, 0.3) is 0 Å². The molecule has 0 atom stereocenters. The summed E-state index contributed by atoms with van der Waals surface area (Å²) in [5, 5.41) is 3.68. The van der Waals surface area contributed by atoms with Crippen molar-refractivity contribution in [2.75, 3.05) is 11.9 Å². The summed E-state index contributed by atoms with van der Waals surface area (Å²) < 4.78 is 5.55. The number of anilines is 1. The molecule has 0 aromatic heterocycles. The second-order valence-corrected chi connectivity index (χ2v) is 6.14. The van der Waals surface area contributed by atoms with Gasteiger partial charge in [-0.1, -0.05) is 53.9 Å². The summed E-state index contributed by atoms with van der Waals surface area (Å²) >= 11 is 17.9. The van der Waals surface area contributed by atoms with Gasteiger partial charge >= 0.3 is 0 Å². The Bertz CT molecular complexity index is 664. The van der Waals surface area contributed by atoms with Crippen LogP contribution in [0, 0.1) is 0 Å². The van der Waals surface area contributed by atoms with Crippen molar-refractivity contribution in [1.29, 1.82) is 0 Å². The second-order valence-electron chi connectivity index (χ2n) is 4.89. The Labute approximate surface area is 150 Å². The van der Waals surface area contributed by atoms with Crippen molar-refractivity contribution in [2.24, 2.45) is 0 Å². The molecule has 0 heterocycles. The molecule has 6 heteroatoms. The third kappa shape index (κ3) is 5.31. The number of nitrogens with one attached hydrogen (secondary N) is 1. The lowest BCUT2D eigenvalue weighted by Crippen LogP contribution is -2.15. The zero-order chi connectivity index (χ0) is 16.8. The smallest absolute Gasteiger partial charge is 0.227 e. The van der Waals surface area contributed by atoms with Gasteiger partial charge in [-0.25, -0.2) is 0 Å². The summed E-state index contributed by atoms with van der Waals surface area (Å²) in [4.78, 5) is 12.0. The molecule has 1 N–H and O–H groups in total. The predicted molar refractivity (Wildman–Crippen MR) is 96.0 cm³/mol. The van der Waals surface area contributed by atoms with E-state index in [2.05, 4.69) is 12.2 Å². The number of amides is 1. The number of aryl methyl sites for hydroxylation is 1. The highest BCUT2D eigenvalue weighted by molar-refractivity contribution is 6.42. The van der Waals surface area contributed by atoms with Crippen LogP contribution < -0.4 is 10.1 Å². The minimum absolute atomic E-state index is 0.185. The number of halogens is 3. The van der Waals surface area contributed by atoms with Gasteiger partial charge < -0.3 is 10.1 Å². The van der Waals surface area contributed by atoms with Gasteiger partial charge in [0.1, 0.15) is 5.75 Å². The Morgan fingerprint density at radius 1 is 1.09 bits per heavy atom. The summed E-state index contributed by atoms with van der Waals surface area (Å²) in [6.45, 7) is 2.35. The molecule has 0 radical (unpaired) electrons. The van der Waals surface area contributed by atoms with Crippen LogP contribution in [0.5, 0.6) is 5.75 Å². The first-order valence-corrected chi connectivity index (χ1v) is 8.29. The summed E-state index contributed by atoms with van der Waals surface area (Å²) in [5.74, 6) is 0.499. The molecule has 2 rings (SSSR count). The summed E-state index contributed by atoms with van der Waals surface area (Å²) in [6, 6.07) is 10.8. The van der Waals surface area contributed by atoms with Gasteiger partial charge in [-0.2, -0.15) is 0 Å². The number of benzene rings is 2. The highest BCUT2D eigenvalue weighted by Gasteiger charge is 2.11. The van der Waals surface area contributed by atoms with Gasteiger partial charge in [-0.3, -0.25) is 4.79 Å². The van der Waals surface area contributed by atoms with Crippen LogP contribution in [0.2, 0.25) is 15.1 Å². The van der Waals surface area contributed by atoms with E-state index in [9.17, 15) is 4.79 Å². The molecule has 0 saturated heterocycles. The SMILES string of the molecule is CCc1ccc(OCCC(=O)Nc2c(Cl)cc(Cl)cc2Cl)cc1. The number of hydrogen-bond acceptors (Lipinski definition) is 2. The second kappa shape index (κ2) is 8.44. The monoisotopic (exact) mass is 371 g/mol. The van der Waals surface area contributed by atoms with Crippen molar-refractivity contribution in [3.05, 3.63) is 57.0 Å². The van der Waals surface area contributed by atoms with Crippen LogP contribution in [0.4, 0.5) is 5.69 Å². The summed E-state index contributed by atoms with van der Waals surface area (Å²) in [6.07, 6.45) is 1.16. The van der Waals surface area contributed by atoms with E-state index in [1.54, 1.807) is 0 Å². The van der Waals surface area contributed by atoms with Crippen molar-refractivity contribution in [2.45, 2.75) is 19.8 Å². The Morgan fingerprint density at radius 3 is 2.26 bits per heavy atom. The fourth-order valence-corrected chi connectivity index (χ4v) is 2.86. The molecule has 122 valence electrons. The zero-order valence-electron chi connectivity index (χ0n) is 12.5. The van der Waals surface area contributed by atoms with Crippen LogP contribution in [-0.4, -0.2) is 12.5 Å². The molecule has 0 bridgehead atoms. The number of carbonyl (C=O) groups is 1.